The van der Waals surface area contributed by atoms with Crippen LogP contribution < -0.4 is 14.2 Å². The number of likely N-dealkylation sites (tertiary alicyclic amines) is 1. The Morgan fingerprint density at radius 3 is 2.93 bits per heavy atom. The Hall–Kier alpha value is -2.74. The van der Waals surface area contributed by atoms with Gasteiger partial charge < -0.3 is 28.4 Å². The molecule has 8 nitrogen and oxygen atoms in total. The van der Waals surface area contributed by atoms with Crippen LogP contribution in [-0.4, -0.2) is 60.7 Å². The Kier molecular flexibility index (Phi) is 5.15. The summed E-state index contributed by atoms with van der Waals surface area (Å²) in [7, 11) is 1.79. The summed E-state index contributed by atoms with van der Waals surface area (Å²) < 4.78 is 21.6. The first-order valence-corrected chi connectivity index (χ1v) is 9.14. The van der Waals surface area contributed by atoms with Crippen molar-refractivity contribution < 1.29 is 23.4 Å². The molecule has 0 unspecified atom stereocenters. The van der Waals surface area contributed by atoms with E-state index in [1.54, 1.807) is 30.1 Å². The lowest BCUT2D eigenvalue weighted by Crippen LogP contribution is -2.35. The molecule has 0 bridgehead atoms. The van der Waals surface area contributed by atoms with Gasteiger partial charge in [0.2, 0.25) is 12.7 Å². The maximum atomic E-state index is 12.5. The number of rotatable bonds is 7. The molecule has 3 heterocycles. The fourth-order valence-corrected chi connectivity index (χ4v) is 3.18. The van der Waals surface area contributed by atoms with Gasteiger partial charge in [-0.15, -0.1) is 0 Å². The molecule has 1 amide bonds. The summed E-state index contributed by atoms with van der Waals surface area (Å²) in [5, 5.41) is 0. The highest BCUT2D eigenvalue weighted by Gasteiger charge is 2.19. The van der Waals surface area contributed by atoms with E-state index in [0.29, 0.717) is 35.4 Å². The van der Waals surface area contributed by atoms with E-state index in [4.69, 9.17) is 18.6 Å². The van der Waals surface area contributed by atoms with Gasteiger partial charge in [0.25, 0.3) is 5.91 Å². The number of nitrogens with zero attached hydrogens (tertiary/aromatic N) is 3. The molecule has 1 aromatic heterocycles. The third-order valence-electron chi connectivity index (χ3n) is 4.77. The fraction of sp³-hybridized carbons (Fsp3) is 0.474. The average Bonchev–Trinajstić information content (AvgIpc) is 3.45. The summed E-state index contributed by atoms with van der Waals surface area (Å²) in [5.41, 5.74) is 0.295. The van der Waals surface area contributed by atoms with E-state index in [0.717, 1.165) is 19.6 Å². The maximum Gasteiger partial charge on any atom is 0.275 e. The third kappa shape index (κ3) is 4.16. The number of carbonyl (C=O) groups is 1. The minimum Gasteiger partial charge on any atom is -0.484 e. The van der Waals surface area contributed by atoms with Gasteiger partial charge in [0.05, 0.1) is 0 Å². The van der Waals surface area contributed by atoms with Gasteiger partial charge >= 0.3 is 0 Å². The van der Waals surface area contributed by atoms with E-state index in [1.807, 2.05) is 0 Å². The third-order valence-corrected chi connectivity index (χ3v) is 4.77. The largest absolute Gasteiger partial charge is 0.484 e. The molecule has 1 fully saturated rings. The van der Waals surface area contributed by atoms with Crippen LogP contribution in [0, 0.1) is 0 Å². The molecule has 4 rings (SSSR count). The number of amides is 1. The second-order valence-electron chi connectivity index (χ2n) is 6.71. The van der Waals surface area contributed by atoms with Crippen molar-refractivity contribution >= 4 is 5.91 Å². The molecule has 2 aliphatic rings. The van der Waals surface area contributed by atoms with E-state index >= 15 is 0 Å². The van der Waals surface area contributed by atoms with Gasteiger partial charge in [-0.2, -0.15) is 0 Å². The van der Waals surface area contributed by atoms with Crippen molar-refractivity contribution in [2.24, 2.45) is 0 Å². The molecule has 1 saturated heterocycles. The van der Waals surface area contributed by atoms with E-state index in [-0.39, 0.29) is 19.3 Å². The zero-order valence-corrected chi connectivity index (χ0v) is 15.3. The van der Waals surface area contributed by atoms with Crippen molar-refractivity contribution in [3.8, 4) is 17.2 Å². The molecule has 27 heavy (non-hydrogen) atoms. The van der Waals surface area contributed by atoms with Gasteiger partial charge in [-0.1, -0.05) is 0 Å². The lowest BCUT2D eigenvalue weighted by Gasteiger charge is -2.20. The van der Waals surface area contributed by atoms with E-state index in [1.165, 1.54) is 19.1 Å². The summed E-state index contributed by atoms with van der Waals surface area (Å²) in [5.74, 6) is 2.17. The van der Waals surface area contributed by atoms with Crippen LogP contribution >= 0.6 is 0 Å². The van der Waals surface area contributed by atoms with Crippen LogP contribution in [-0.2, 0) is 6.61 Å². The smallest absolute Gasteiger partial charge is 0.275 e. The number of benzene rings is 1. The predicted octanol–water partition coefficient (Wildman–Crippen LogP) is 2.15. The van der Waals surface area contributed by atoms with Gasteiger partial charge in [0.1, 0.15) is 12.0 Å². The van der Waals surface area contributed by atoms with Gasteiger partial charge in [-0.25, -0.2) is 4.98 Å². The molecular weight excluding hydrogens is 350 g/mol. The molecule has 0 radical (unpaired) electrons. The zero-order valence-electron chi connectivity index (χ0n) is 15.3. The van der Waals surface area contributed by atoms with Gasteiger partial charge in [0.15, 0.2) is 23.8 Å². The number of oxazole rings is 1. The summed E-state index contributed by atoms with van der Waals surface area (Å²) in [4.78, 5) is 20.8. The minimum absolute atomic E-state index is 0.129. The van der Waals surface area contributed by atoms with Crippen LogP contribution in [0.25, 0.3) is 0 Å². The van der Waals surface area contributed by atoms with Gasteiger partial charge in [0, 0.05) is 26.2 Å². The van der Waals surface area contributed by atoms with Crippen molar-refractivity contribution in [2.45, 2.75) is 19.4 Å². The summed E-state index contributed by atoms with van der Waals surface area (Å²) in [6.07, 6.45) is 3.87. The average molecular weight is 373 g/mol. The quantitative estimate of drug-likeness (QED) is 0.736. The topological polar surface area (TPSA) is 77.3 Å². The highest BCUT2D eigenvalue weighted by molar-refractivity contribution is 5.91. The Morgan fingerprint density at radius 1 is 1.26 bits per heavy atom. The predicted molar refractivity (Wildman–Crippen MR) is 96.0 cm³/mol. The monoisotopic (exact) mass is 373 g/mol. The number of fused-ring (bicyclic) bond motifs is 1. The zero-order chi connectivity index (χ0) is 18.6. The Labute approximate surface area is 157 Å². The lowest BCUT2D eigenvalue weighted by molar-refractivity contribution is 0.0776. The van der Waals surface area contributed by atoms with Crippen LogP contribution in [0.2, 0.25) is 0 Å². The van der Waals surface area contributed by atoms with Crippen molar-refractivity contribution in [1.82, 2.24) is 14.8 Å². The number of aromatic nitrogens is 1. The molecule has 0 N–H and O–H groups in total. The highest BCUT2D eigenvalue weighted by Crippen LogP contribution is 2.35. The number of hydrogen-bond acceptors (Lipinski definition) is 7. The number of likely N-dealkylation sites (N-methyl/N-ethyl adjacent to an activating group) is 1. The minimum atomic E-state index is -0.146. The Bertz CT molecular complexity index is 800. The molecule has 1 aromatic carbocycles. The molecule has 0 aliphatic carbocycles. The summed E-state index contributed by atoms with van der Waals surface area (Å²) in [6.45, 7) is 4.15. The second kappa shape index (κ2) is 7.87. The van der Waals surface area contributed by atoms with E-state index < -0.39 is 0 Å². The van der Waals surface area contributed by atoms with Gasteiger partial charge in [-0.3, -0.25) is 4.79 Å². The van der Waals surface area contributed by atoms with Crippen LogP contribution in [0.5, 0.6) is 17.2 Å². The molecule has 144 valence electrons. The maximum absolute atomic E-state index is 12.5. The summed E-state index contributed by atoms with van der Waals surface area (Å²) >= 11 is 0. The van der Waals surface area contributed by atoms with Crippen LogP contribution in [0.4, 0.5) is 0 Å². The molecular formula is C19H23N3O5. The Morgan fingerprint density at radius 2 is 2.07 bits per heavy atom. The molecule has 0 saturated carbocycles. The number of hydrogen-bond donors (Lipinski definition) is 0. The first-order chi connectivity index (χ1) is 13.2. The molecule has 0 spiro atoms. The van der Waals surface area contributed by atoms with E-state index in [2.05, 4.69) is 9.88 Å². The second-order valence-corrected chi connectivity index (χ2v) is 6.71. The van der Waals surface area contributed by atoms with Crippen molar-refractivity contribution in [3.63, 3.8) is 0 Å². The van der Waals surface area contributed by atoms with Crippen LogP contribution in [0.1, 0.15) is 29.2 Å². The fourth-order valence-electron chi connectivity index (χ4n) is 3.18. The van der Waals surface area contributed by atoms with Crippen molar-refractivity contribution in [2.75, 3.05) is 40.0 Å². The normalized spacial score (nSPS) is 15.9. The molecule has 2 aromatic rings. The molecule has 0 atom stereocenters. The SMILES string of the molecule is CN(CCN1CCCC1)C(=O)c1coc(COc2ccc3c(c2)OCO3)n1. The highest BCUT2D eigenvalue weighted by atomic mass is 16.7. The first kappa shape index (κ1) is 17.7. The molecule has 2 aliphatic heterocycles. The van der Waals surface area contributed by atoms with Crippen molar-refractivity contribution in [3.05, 3.63) is 36.0 Å². The molecule has 8 heteroatoms. The van der Waals surface area contributed by atoms with E-state index in [9.17, 15) is 4.79 Å². The van der Waals surface area contributed by atoms with Crippen LogP contribution in [0.15, 0.2) is 28.9 Å². The van der Waals surface area contributed by atoms with Gasteiger partial charge in [-0.05, 0) is 38.1 Å². The Balaban J connectivity index is 1.29. The summed E-state index contributed by atoms with van der Waals surface area (Å²) in [6, 6.07) is 5.33. The lowest BCUT2D eigenvalue weighted by atomic mass is 10.3. The number of ether oxygens (including phenoxy) is 3. The first-order valence-electron chi connectivity index (χ1n) is 9.14. The van der Waals surface area contributed by atoms with Crippen LogP contribution in [0.3, 0.4) is 0 Å². The standard InChI is InChI=1S/C19H23N3O5/c1-21(8-9-22-6-2-3-7-22)19(23)15-11-25-18(20-15)12-24-14-4-5-16-17(10-14)27-13-26-16/h4-5,10-11H,2-3,6-9,12-13H2,1H3. The van der Waals surface area contributed by atoms with Crippen molar-refractivity contribution in [1.29, 1.82) is 0 Å². The number of carbonyl (C=O) groups excluding carboxylic acids is 1.